The molecule has 0 aromatic heterocycles. The van der Waals surface area contributed by atoms with Crippen molar-refractivity contribution in [3.8, 4) is 0 Å². The minimum Gasteiger partial charge on any atom is -0.395 e. The molecule has 0 unspecified atom stereocenters. The summed E-state index contributed by atoms with van der Waals surface area (Å²) in [5.74, 6) is -0.0589. The zero-order valence-corrected chi connectivity index (χ0v) is 7.42. The average molecular weight is 175 g/mol. The molecule has 0 aromatic carbocycles. The standard InChI is InChI=1S/C7H17N3O2/c1-10(4-5-11)6-7(12)9-3-2-8/h11H,2-6,8H2,1H3,(H,9,12). The molecular formula is C7H17N3O2. The molecule has 0 aliphatic carbocycles. The Bertz CT molecular complexity index is 130. The van der Waals surface area contributed by atoms with Crippen LogP contribution in [0.5, 0.6) is 0 Å². The number of amides is 1. The van der Waals surface area contributed by atoms with Gasteiger partial charge in [0.15, 0.2) is 0 Å². The summed E-state index contributed by atoms with van der Waals surface area (Å²) in [5.41, 5.74) is 5.20. The van der Waals surface area contributed by atoms with Crippen molar-refractivity contribution >= 4 is 5.91 Å². The second-order valence-corrected chi connectivity index (χ2v) is 2.60. The van der Waals surface area contributed by atoms with E-state index in [2.05, 4.69) is 5.32 Å². The number of hydrogen-bond donors (Lipinski definition) is 3. The number of aliphatic hydroxyl groups is 1. The number of hydrogen-bond acceptors (Lipinski definition) is 4. The van der Waals surface area contributed by atoms with Gasteiger partial charge in [-0.15, -0.1) is 0 Å². The zero-order valence-electron chi connectivity index (χ0n) is 7.42. The number of nitrogens with one attached hydrogen (secondary N) is 1. The van der Waals surface area contributed by atoms with E-state index in [-0.39, 0.29) is 12.5 Å². The molecule has 0 atom stereocenters. The lowest BCUT2D eigenvalue weighted by Gasteiger charge is -2.13. The van der Waals surface area contributed by atoms with Crippen LogP contribution >= 0.6 is 0 Å². The molecule has 0 rings (SSSR count). The lowest BCUT2D eigenvalue weighted by Crippen LogP contribution is -2.38. The molecule has 0 saturated heterocycles. The summed E-state index contributed by atoms with van der Waals surface area (Å²) in [7, 11) is 1.78. The number of nitrogens with two attached hydrogens (primary N) is 1. The molecule has 0 saturated carbocycles. The van der Waals surface area contributed by atoms with Crippen LogP contribution in [0.25, 0.3) is 0 Å². The first-order chi connectivity index (χ1) is 5.70. The maximum Gasteiger partial charge on any atom is 0.234 e. The third kappa shape index (κ3) is 6.09. The second-order valence-electron chi connectivity index (χ2n) is 2.60. The van der Waals surface area contributed by atoms with Gasteiger partial charge in [0.1, 0.15) is 0 Å². The van der Waals surface area contributed by atoms with E-state index in [4.69, 9.17) is 10.8 Å². The predicted molar refractivity (Wildman–Crippen MR) is 46.6 cm³/mol. The van der Waals surface area contributed by atoms with E-state index in [1.807, 2.05) is 0 Å². The smallest absolute Gasteiger partial charge is 0.234 e. The summed E-state index contributed by atoms with van der Waals surface area (Å²) < 4.78 is 0. The van der Waals surface area contributed by atoms with Crippen molar-refractivity contribution in [2.75, 3.05) is 39.8 Å². The summed E-state index contributed by atoms with van der Waals surface area (Å²) in [5, 5.41) is 11.2. The van der Waals surface area contributed by atoms with Crippen molar-refractivity contribution in [3.05, 3.63) is 0 Å². The predicted octanol–water partition coefficient (Wildman–Crippen LogP) is -2.01. The van der Waals surface area contributed by atoms with E-state index < -0.39 is 0 Å². The summed E-state index contributed by atoms with van der Waals surface area (Å²) >= 11 is 0. The molecule has 12 heavy (non-hydrogen) atoms. The van der Waals surface area contributed by atoms with Crippen molar-refractivity contribution in [2.45, 2.75) is 0 Å². The van der Waals surface area contributed by atoms with Gasteiger partial charge in [0.2, 0.25) is 5.91 Å². The van der Waals surface area contributed by atoms with Gasteiger partial charge in [-0.2, -0.15) is 0 Å². The van der Waals surface area contributed by atoms with Crippen LogP contribution in [0.15, 0.2) is 0 Å². The lowest BCUT2D eigenvalue weighted by molar-refractivity contribution is -0.121. The van der Waals surface area contributed by atoms with Crippen LogP contribution in [0.4, 0.5) is 0 Å². The number of rotatable bonds is 6. The first-order valence-corrected chi connectivity index (χ1v) is 3.97. The van der Waals surface area contributed by atoms with E-state index >= 15 is 0 Å². The van der Waals surface area contributed by atoms with Crippen LogP contribution < -0.4 is 11.1 Å². The fourth-order valence-corrected chi connectivity index (χ4v) is 0.762. The third-order valence-corrected chi connectivity index (χ3v) is 1.36. The van der Waals surface area contributed by atoms with E-state index in [1.165, 1.54) is 0 Å². The maximum atomic E-state index is 11.0. The largest absolute Gasteiger partial charge is 0.395 e. The number of likely N-dealkylation sites (N-methyl/N-ethyl adjacent to an activating group) is 1. The van der Waals surface area contributed by atoms with Crippen molar-refractivity contribution in [1.29, 1.82) is 0 Å². The second kappa shape index (κ2) is 7.02. The Balaban J connectivity index is 3.40. The highest BCUT2D eigenvalue weighted by Gasteiger charge is 2.03. The summed E-state index contributed by atoms with van der Waals surface area (Å²) in [4.78, 5) is 12.7. The van der Waals surface area contributed by atoms with Crippen LogP contribution in [0.1, 0.15) is 0 Å². The molecule has 5 heteroatoms. The van der Waals surface area contributed by atoms with Gasteiger partial charge in [0.05, 0.1) is 13.2 Å². The highest BCUT2D eigenvalue weighted by Crippen LogP contribution is 1.79. The minimum atomic E-state index is -0.0589. The minimum absolute atomic E-state index is 0.0589. The van der Waals surface area contributed by atoms with Gasteiger partial charge in [-0.3, -0.25) is 9.69 Å². The molecule has 0 aliphatic heterocycles. The molecule has 5 nitrogen and oxygen atoms in total. The van der Waals surface area contributed by atoms with Crippen LogP contribution in [-0.4, -0.2) is 55.7 Å². The third-order valence-electron chi connectivity index (χ3n) is 1.36. The molecule has 0 radical (unpaired) electrons. The molecule has 0 heterocycles. The molecule has 4 N–H and O–H groups in total. The van der Waals surface area contributed by atoms with Gasteiger partial charge >= 0.3 is 0 Å². The molecular weight excluding hydrogens is 158 g/mol. The van der Waals surface area contributed by atoms with Gasteiger partial charge in [0.25, 0.3) is 0 Å². The van der Waals surface area contributed by atoms with Crippen molar-refractivity contribution in [2.24, 2.45) is 5.73 Å². The van der Waals surface area contributed by atoms with Crippen LogP contribution in [-0.2, 0) is 4.79 Å². The molecule has 0 aliphatic rings. The molecule has 0 spiro atoms. The monoisotopic (exact) mass is 175 g/mol. The Labute approximate surface area is 72.5 Å². The molecule has 72 valence electrons. The number of carbonyl (C=O) groups is 1. The van der Waals surface area contributed by atoms with Crippen molar-refractivity contribution in [1.82, 2.24) is 10.2 Å². The summed E-state index contributed by atoms with van der Waals surface area (Å²) in [6, 6.07) is 0. The Morgan fingerprint density at radius 2 is 2.33 bits per heavy atom. The van der Waals surface area contributed by atoms with Crippen LogP contribution in [0.2, 0.25) is 0 Å². The number of carbonyl (C=O) groups excluding carboxylic acids is 1. The molecule has 0 fully saturated rings. The fourth-order valence-electron chi connectivity index (χ4n) is 0.762. The van der Waals surface area contributed by atoms with Gasteiger partial charge < -0.3 is 16.2 Å². The Morgan fingerprint density at radius 3 is 2.83 bits per heavy atom. The molecule has 1 amide bonds. The van der Waals surface area contributed by atoms with Crippen molar-refractivity contribution < 1.29 is 9.90 Å². The van der Waals surface area contributed by atoms with E-state index in [0.29, 0.717) is 26.2 Å². The number of nitrogens with zero attached hydrogens (tertiary/aromatic N) is 1. The van der Waals surface area contributed by atoms with Gasteiger partial charge in [-0.25, -0.2) is 0 Å². The van der Waals surface area contributed by atoms with Crippen molar-refractivity contribution in [3.63, 3.8) is 0 Å². The van der Waals surface area contributed by atoms with E-state index in [0.717, 1.165) is 0 Å². The number of aliphatic hydroxyl groups excluding tert-OH is 1. The van der Waals surface area contributed by atoms with Gasteiger partial charge in [-0.05, 0) is 7.05 Å². The summed E-state index contributed by atoms with van der Waals surface area (Å²) in [6.45, 7) is 1.85. The van der Waals surface area contributed by atoms with E-state index in [1.54, 1.807) is 11.9 Å². The lowest BCUT2D eigenvalue weighted by atomic mass is 10.5. The van der Waals surface area contributed by atoms with Crippen LogP contribution in [0, 0.1) is 0 Å². The first-order valence-electron chi connectivity index (χ1n) is 3.97. The van der Waals surface area contributed by atoms with Gasteiger partial charge in [0, 0.05) is 19.6 Å². The van der Waals surface area contributed by atoms with Crippen LogP contribution in [0.3, 0.4) is 0 Å². The SMILES string of the molecule is CN(CCO)CC(=O)NCCN. The first kappa shape index (κ1) is 11.4. The Hall–Kier alpha value is -0.650. The maximum absolute atomic E-state index is 11.0. The van der Waals surface area contributed by atoms with Gasteiger partial charge in [-0.1, -0.05) is 0 Å². The molecule has 0 aromatic rings. The zero-order chi connectivity index (χ0) is 9.40. The van der Waals surface area contributed by atoms with E-state index in [9.17, 15) is 4.79 Å². The highest BCUT2D eigenvalue weighted by atomic mass is 16.3. The Kier molecular flexibility index (Phi) is 6.64. The molecule has 0 bridgehead atoms. The average Bonchev–Trinajstić information content (AvgIpc) is 2.01. The fraction of sp³-hybridized carbons (Fsp3) is 0.857. The highest BCUT2D eigenvalue weighted by molar-refractivity contribution is 5.77. The quantitative estimate of drug-likeness (QED) is 0.435. The normalized spacial score (nSPS) is 10.3. The Morgan fingerprint density at radius 1 is 1.67 bits per heavy atom. The topological polar surface area (TPSA) is 78.6 Å². The summed E-state index contributed by atoms with van der Waals surface area (Å²) in [6.07, 6.45) is 0.